The van der Waals surface area contributed by atoms with Crippen LogP contribution in [-0.2, 0) is 6.18 Å². The molecule has 0 amide bonds. The second-order valence-corrected chi connectivity index (χ2v) is 3.88. The van der Waals surface area contributed by atoms with Gasteiger partial charge in [-0.2, -0.15) is 13.2 Å². The Morgan fingerprint density at radius 3 is 2.42 bits per heavy atom. The van der Waals surface area contributed by atoms with Crippen LogP contribution in [0.15, 0.2) is 30.3 Å². The van der Waals surface area contributed by atoms with Gasteiger partial charge >= 0.3 is 6.18 Å². The molecule has 0 radical (unpaired) electrons. The van der Waals surface area contributed by atoms with Crippen LogP contribution >= 0.6 is 0 Å². The first-order valence-electron chi connectivity index (χ1n) is 5.31. The number of anilines is 1. The van der Waals surface area contributed by atoms with Crippen LogP contribution in [0.25, 0.3) is 0 Å². The molecule has 2 rings (SSSR count). The summed E-state index contributed by atoms with van der Waals surface area (Å²) < 4.78 is 42.2. The maximum atomic E-state index is 12.3. The summed E-state index contributed by atoms with van der Waals surface area (Å²) in [7, 11) is 0. The highest BCUT2D eigenvalue weighted by Crippen LogP contribution is 2.29. The van der Waals surface area contributed by atoms with E-state index in [0.29, 0.717) is 11.4 Å². The minimum Gasteiger partial charge on any atom is -0.437 e. The van der Waals surface area contributed by atoms with Crippen molar-refractivity contribution in [3.05, 3.63) is 41.6 Å². The average Bonchev–Trinajstić information content (AvgIpc) is 2.33. The van der Waals surface area contributed by atoms with Crippen LogP contribution in [0.2, 0.25) is 0 Å². The molecule has 0 unspecified atom stereocenters. The van der Waals surface area contributed by atoms with E-state index in [1.54, 1.807) is 25.1 Å². The average molecular weight is 269 g/mol. The molecule has 100 valence electrons. The summed E-state index contributed by atoms with van der Waals surface area (Å²) in [5.74, 6) is 0.399. The number of rotatable bonds is 2. The van der Waals surface area contributed by atoms with E-state index >= 15 is 0 Å². The molecule has 0 fully saturated rings. The zero-order valence-electron chi connectivity index (χ0n) is 9.90. The van der Waals surface area contributed by atoms with Crippen LogP contribution in [-0.4, -0.2) is 10.2 Å². The Bertz CT molecular complexity index is 582. The molecule has 1 heterocycles. The molecule has 0 bridgehead atoms. The number of hydrogen-bond acceptors (Lipinski definition) is 4. The van der Waals surface area contributed by atoms with Gasteiger partial charge in [-0.25, -0.2) is 0 Å². The van der Waals surface area contributed by atoms with Gasteiger partial charge in [-0.1, -0.05) is 6.07 Å². The van der Waals surface area contributed by atoms with E-state index in [-0.39, 0.29) is 5.88 Å². The third kappa shape index (κ3) is 3.12. The summed E-state index contributed by atoms with van der Waals surface area (Å²) in [5.41, 5.74) is 5.81. The lowest BCUT2D eigenvalue weighted by Gasteiger charge is -2.09. The van der Waals surface area contributed by atoms with Gasteiger partial charge in [0.1, 0.15) is 5.75 Å². The van der Waals surface area contributed by atoms with Crippen molar-refractivity contribution in [2.75, 3.05) is 5.73 Å². The Kier molecular flexibility index (Phi) is 3.28. The van der Waals surface area contributed by atoms with Gasteiger partial charge in [0.05, 0.1) is 0 Å². The zero-order chi connectivity index (χ0) is 14.0. The molecule has 0 spiro atoms. The maximum Gasteiger partial charge on any atom is 0.435 e. The third-order valence-corrected chi connectivity index (χ3v) is 2.36. The molecular formula is C12H10F3N3O. The minimum absolute atomic E-state index is 0.0262. The van der Waals surface area contributed by atoms with Gasteiger partial charge in [-0.3, -0.25) is 0 Å². The smallest absolute Gasteiger partial charge is 0.435 e. The summed E-state index contributed by atoms with van der Waals surface area (Å²) in [6, 6.07) is 6.92. The zero-order valence-corrected chi connectivity index (χ0v) is 9.90. The lowest BCUT2D eigenvalue weighted by molar-refractivity contribution is -0.141. The Morgan fingerprint density at radius 1 is 1.11 bits per heavy atom. The Labute approximate surface area is 107 Å². The van der Waals surface area contributed by atoms with Crippen molar-refractivity contribution in [3.63, 3.8) is 0 Å². The standard InChI is InChI=1S/C12H10F3N3O/c1-7-2-3-8(16)6-9(7)19-11-5-4-10(17-18-11)12(13,14)15/h2-6H,16H2,1H3. The predicted octanol–water partition coefficient (Wildman–Crippen LogP) is 3.18. The Hall–Kier alpha value is -2.31. The van der Waals surface area contributed by atoms with Crippen LogP contribution < -0.4 is 10.5 Å². The lowest BCUT2D eigenvalue weighted by atomic mass is 10.2. The summed E-state index contributed by atoms with van der Waals surface area (Å²) >= 11 is 0. The van der Waals surface area contributed by atoms with E-state index in [4.69, 9.17) is 10.5 Å². The van der Waals surface area contributed by atoms with Crippen molar-refractivity contribution in [2.45, 2.75) is 13.1 Å². The van der Waals surface area contributed by atoms with Crippen molar-refractivity contribution in [1.29, 1.82) is 0 Å². The van der Waals surface area contributed by atoms with Gasteiger partial charge < -0.3 is 10.5 Å². The fraction of sp³-hybridized carbons (Fsp3) is 0.167. The number of alkyl halides is 3. The quantitative estimate of drug-likeness (QED) is 0.850. The van der Waals surface area contributed by atoms with Crippen LogP contribution in [0.3, 0.4) is 0 Å². The first-order valence-corrected chi connectivity index (χ1v) is 5.31. The molecule has 0 saturated heterocycles. The molecular weight excluding hydrogens is 259 g/mol. The number of benzene rings is 1. The fourth-order valence-corrected chi connectivity index (χ4v) is 1.36. The number of halogens is 3. The molecule has 0 atom stereocenters. The molecule has 1 aromatic heterocycles. The normalized spacial score (nSPS) is 11.4. The van der Waals surface area contributed by atoms with Crippen molar-refractivity contribution in [2.24, 2.45) is 0 Å². The molecule has 0 saturated carbocycles. The summed E-state index contributed by atoms with van der Waals surface area (Å²) in [6.45, 7) is 1.78. The molecule has 19 heavy (non-hydrogen) atoms. The number of nitrogens with two attached hydrogens (primary N) is 1. The number of nitrogen functional groups attached to an aromatic ring is 1. The number of nitrogens with zero attached hydrogens (tertiary/aromatic N) is 2. The van der Waals surface area contributed by atoms with Gasteiger partial charge in [0, 0.05) is 17.8 Å². The number of ether oxygens (including phenoxy) is 1. The van der Waals surface area contributed by atoms with Gasteiger partial charge in [-0.05, 0) is 24.6 Å². The largest absolute Gasteiger partial charge is 0.437 e. The molecule has 0 aliphatic heterocycles. The van der Waals surface area contributed by atoms with Gasteiger partial charge in [0.25, 0.3) is 0 Å². The fourth-order valence-electron chi connectivity index (χ4n) is 1.36. The topological polar surface area (TPSA) is 61.0 Å². The second-order valence-electron chi connectivity index (χ2n) is 3.88. The Balaban J connectivity index is 2.22. The minimum atomic E-state index is -4.52. The van der Waals surface area contributed by atoms with Crippen LogP contribution in [0, 0.1) is 6.92 Å². The van der Waals surface area contributed by atoms with Gasteiger partial charge in [0.2, 0.25) is 5.88 Å². The van der Waals surface area contributed by atoms with E-state index in [0.717, 1.165) is 17.7 Å². The summed E-state index contributed by atoms with van der Waals surface area (Å²) in [5, 5.41) is 6.45. The van der Waals surface area contributed by atoms with Crippen molar-refractivity contribution in [1.82, 2.24) is 10.2 Å². The van der Waals surface area contributed by atoms with E-state index < -0.39 is 11.9 Å². The Morgan fingerprint density at radius 2 is 1.84 bits per heavy atom. The molecule has 2 N–H and O–H groups in total. The molecule has 2 aromatic rings. The molecule has 0 aliphatic carbocycles. The monoisotopic (exact) mass is 269 g/mol. The number of aromatic nitrogens is 2. The predicted molar refractivity (Wildman–Crippen MR) is 62.7 cm³/mol. The lowest BCUT2D eigenvalue weighted by Crippen LogP contribution is -2.08. The summed E-state index contributed by atoms with van der Waals surface area (Å²) in [6.07, 6.45) is -4.52. The van der Waals surface area contributed by atoms with Crippen LogP contribution in [0.5, 0.6) is 11.6 Å². The highest BCUT2D eigenvalue weighted by molar-refractivity contribution is 5.48. The first-order chi connectivity index (χ1) is 8.86. The van der Waals surface area contributed by atoms with E-state index in [2.05, 4.69) is 10.2 Å². The van der Waals surface area contributed by atoms with Crippen molar-refractivity contribution in [3.8, 4) is 11.6 Å². The van der Waals surface area contributed by atoms with Gasteiger partial charge in [0.15, 0.2) is 5.69 Å². The van der Waals surface area contributed by atoms with E-state index in [9.17, 15) is 13.2 Å². The molecule has 7 heteroatoms. The first kappa shape index (κ1) is 13.1. The highest BCUT2D eigenvalue weighted by Gasteiger charge is 2.32. The molecule has 0 aliphatic rings. The highest BCUT2D eigenvalue weighted by atomic mass is 19.4. The van der Waals surface area contributed by atoms with Crippen LogP contribution in [0.1, 0.15) is 11.3 Å². The van der Waals surface area contributed by atoms with Gasteiger partial charge in [-0.15, -0.1) is 10.2 Å². The number of hydrogen-bond donors (Lipinski definition) is 1. The second kappa shape index (κ2) is 4.75. The SMILES string of the molecule is Cc1ccc(N)cc1Oc1ccc(C(F)(F)F)nn1. The molecule has 4 nitrogen and oxygen atoms in total. The number of aryl methyl sites for hydroxylation is 1. The maximum absolute atomic E-state index is 12.3. The van der Waals surface area contributed by atoms with E-state index in [1.165, 1.54) is 0 Å². The van der Waals surface area contributed by atoms with Crippen LogP contribution in [0.4, 0.5) is 18.9 Å². The summed E-state index contributed by atoms with van der Waals surface area (Å²) in [4.78, 5) is 0. The molecule has 1 aromatic carbocycles. The van der Waals surface area contributed by atoms with Crippen molar-refractivity contribution >= 4 is 5.69 Å². The third-order valence-electron chi connectivity index (χ3n) is 2.36. The van der Waals surface area contributed by atoms with Crippen molar-refractivity contribution < 1.29 is 17.9 Å². The van der Waals surface area contributed by atoms with E-state index in [1.807, 2.05) is 0 Å².